The van der Waals surface area contributed by atoms with Crippen LogP contribution in [0.25, 0.3) is 6.08 Å². The van der Waals surface area contributed by atoms with Gasteiger partial charge >= 0.3 is 0 Å². The molecule has 0 saturated carbocycles. The lowest BCUT2D eigenvalue weighted by Gasteiger charge is -2.34. The smallest absolute Gasteiger partial charge is 0.289 e. The van der Waals surface area contributed by atoms with Crippen LogP contribution in [0.3, 0.4) is 0 Å². The molecule has 0 bridgehead atoms. The van der Waals surface area contributed by atoms with E-state index in [1.165, 1.54) is 12.3 Å². The maximum absolute atomic E-state index is 12.7. The lowest BCUT2D eigenvalue weighted by Crippen LogP contribution is -2.50. The molecule has 2 aromatic rings. The molecule has 2 aliphatic heterocycles. The summed E-state index contributed by atoms with van der Waals surface area (Å²) in [6.07, 6.45) is 2.98. The Morgan fingerprint density at radius 2 is 1.79 bits per heavy atom. The Kier molecular flexibility index (Phi) is 4.72. The zero-order valence-corrected chi connectivity index (χ0v) is 15.0. The summed E-state index contributed by atoms with van der Waals surface area (Å²) in [5.41, 5.74) is 0.713. The van der Waals surface area contributed by atoms with Crippen LogP contribution in [0.2, 0.25) is 0 Å². The lowest BCUT2D eigenvalue weighted by molar-refractivity contribution is -0.128. The first-order valence-electron chi connectivity index (χ1n) is 8.79. The van der Waals surface area contributed by atoms with E-state index in [-0.39, 0.29) is 29.9 Å². The highest BCUT2D eigenvalue weighted by Gasteiger charge is 2.27. The number of ether oxygens (including phenoxy) is 2. The summed E-state index contributed by atoms with van der Waals surface area (Å²) >= 11 is 0. The number of furan rings is 1. The van der Waals surface area contributed by atoms with Crippen molar-refractivity contribution >= 4 is 17.9 Å². The Balaban J connectivity index is 1.42. The van der Waals surface area contributed by atoms with Crippen LogP contribution in [0.1, 0.15) is 16.1 Å². The van der Waals surface area contributed by atoms with Gasteiger partial charge in [-0.3, -0.25) is 9.59 Å². The van der Waals surface area contributed by atoms with Crippen LogP contribution in [0.15, 0.2) is 46.6 Å². The molecule has 1 aromatic heterocycles. The van der Waals surface area contributed by atoms with Crippen molar-refractivity contribution in [2.24, 2.45) is 0 Å². The Bertz CT molecular complexity index is 966. The Morgan fingerprint density at radius 3 is 2.50 bits per heavy atom. The number of nitriles is 1. The van der Waals surface area contributed by atoms with Gasteiger partial charge in [-0.1, -0.05) is 6.07 Å². The molecule has 142 valence electrons. The Morgan fingerprint density at radius 1 is 1.04 bits per heavy atom. The molecule has 0 N–H and O–H groups in total. The Hall–Kier alpha value is -3.73. The number of hydrogen-bond donors (Lipinski definition) is 0. The van der Waals surface area contributed by atoms with E-state index in [1.54, 1.807) is 40.1 Å². The molecule has 1 fully saturated rings. The largest absolute Gasteiger partial charge is 0.459 e. The molecule has 0 radical (unpaired) electrons. The SMILES string of the molecule is N#C/C(=C/c1ccc2c(c1)OCO2)C(=O)N1CCN(C(=O)c2ccco2)CC1. The minimum absolute atomic E-state index is 0.0321. The maximum atomic E-state index is 12.7. The van der Waals surface area contributed by atoms with Gasteiger partial charge in [-0.05, 0) is 35.9 Å². The van der Waals surface area contributed by atoms with Crippen molar-refractivity contribution in [3.8, 4) is 17.6 Å². The number of hydrogen-bond acceptors (Lipinski definition) is 6. The summed E-state index contributed by atoms with van der Waals surface area (Å²) in [5, 5.41) is 9.45. The van der Waals surface area contributed by atoms with Gasteiger partial charge in [0.05, 0.1) is 6.26 Å². The first kappa shape index (κ1) is 17.7. The summed E-state index contributed by atoms with van der Waals surface area (Å²) in [5.74, 6) is 0.946. The fourth-order valence-corrected chi connectivity index (χ4v) is 3.15. The second-order valence-corrected chi connectivity index (χ2v) is 6.34. The molecule has 4 rings (SSSR count). The zero-order valence-electron chi connectivity index (χ0n) is 15.0. The number of carbonyl (C=O) groups is 2. The number of fused-ring (bicyclic) bond motifs is 1. The molecule has 0 unspecified atom stereocenters. The van der Waals surface area contributed by atoms with Crippen molar-refractivity contribution in [1.29, 1.82) is 5.26 Å². The van der Waals surface area contributed by atoms with Crippen LogP contribution >= 0.6 is 0 Å². The predicted octanol–water partition coefficient (Wildman–Crippen LogP) is 1.90. The molecular formula is C20H17N3O5. The van der Waals surface area contributed by atoms with Gasteiger partial charge in [0.15, 0.2) is 17.3 Å². The zero-order chi connectivity index (χ0) is 19.5. The molecule has 0 atom stereocenters. The van der Waals surface area contributed by atoms with Crippen LogP contribution in [0, 0.1) is 11.3 Å². The molecule has 0 aliphatic carbocycles. The summed E-state index contributed by atoms with van der Waals surface area (Å²) in [6, 6.07) is 10.5. The topological polar surface area (TPSA) is 96.0 Å². The highest BCUT2D eigenvalue weighted by Crippen LogP contribution is 2.33. The minimum atomic E-state index is -0.356. The standard InChI is InChI=1S/C20H17N3O5/c21-12-15(10-14-3-4-16-18(11-14)28-13-27-16)19(24)22-5-7-23(8-6-22)20(25)17-2-1-9-26-17/h1-4,9-11H,5-8,13H2/b15-10-. The number of benzene rings is 1. The third-order valence-electron chi connectivity index (χ3n) is 4.64. The van der Waals surface area contributed by atoms with E-state index in [1.807, 2.05) is 6.07 Å². The molecule has 0 spiro atoms. The van der Waals surface area contributed by atoms with E-state index in [0.717, 1.165) is 0 Å². The number of carbonyl (C=O) groups excluding carboxylic acids is 2. The molecule has 2 aliphatic rings. The molecule has 2 amide bonds. The Labute approximate surface area is 161 Å². The second kappa shape index (κ2) is 7.48. The van der Waals surface area contributed by atoms with Gasteiger partial charge < -0.3 is 23.7 Å². The van der Waals surface area contributed by atoms with Crippen molar-refractivity contribution in [3.63, 3.8) is 0 Å². The quantitative estimate of drug-likeness (QED) is 0.597. The second-order valence-electron chi connectivity index (χ2n) is 6.34. The van der Waals surface area contributed by atoms with Crippen molar-refractivity contribution in [2.75, 3.05) is 33.0 Å². The van der Waals surface area contributed by atoms with Crippen LogP contribution in [-0.2, 0) is 4.79 Å². The van der Waals surface area contributed by atoms with Gasteiger partial charge in [0.2, 0.25) is 6.79 Å². The highest BCUT2D eigenvalue weighted by atomic mass is 16.7. The van der Waals surface area contributed by atoms with Gasteiger partial charge in [-0.25, -0.2) is 0 Å². The van der Waals surface area contributed by atoms with Crippen LogP contribution in [0.4, 0.5) is 0 Å². The molecule has 8 nitrogen and oxygen atoms in total. The molecule has 28 heavy (non-hydrogen) atoms. The summed E-state index contributed by atoms with van der Waals surface area (Å²) < 4.78 is 15.7. The lowest BCUT2D eigenvalue weighted by atomic mass is 10.1. The number of rotatable bonds is 3. The van der Waals surface area contributed by atoms with Crippen molar-refractivity contribution in [3.05, 3.63) is 53.5 Å². The van der Waals surface area contributed by atoms with E-state index >= 15 is 0 Å². The van der Waals surface area contributed by atoms with Gasteiger partial charge in [-0.2, -0.15) is 5.26 Å². The number of piperazine rings is 1. The number of nitrogens with zero attached hydrogens (tertiary/aromatic N) is 3. The summed E-state index contributed by atoms with van der Waals surface area (Å²) in [6.45, 7) is 1.63. The third-order valence-corrected chi connectivity index (χ3v) is 4.64. The van der Waals surface area contributed by atoms with Crippen molar-refractivity contribution in [1.82, 2.24) is 9.80 Å². The van der Waals surface area contributed by atoms with Crippen molar-refractivity contribution < 1.29 is 23.5 Å². The van der Waals surface area contributed by atoms with E-state index in [2.05, 4.69) is 0 Å². The fraction of sp³-hybridized carbons (Fsp3) is 0.250. The van der Waals surface area contributed by atoms with E-state index in [4.69, 9.17) is 13.9 Å². The van der Waals surface area contributed by atoms with E-state index in [0.29, 0.717) is 43.2 Å². The maximum Gasteiger partial charge on any atom is 0.289 e. The monoisotopic (exact) mass is 379 g/mol. The first-order valence-corrected chi connectivity index (χ1v) is 8.79. The molecule has 8 heteroatoms. The highest BCUT2D eigenvalue weighted by molar-refractivity contribution is 6.02. The van der Waals surface area contributed by atoms with E-state index in [9.17, 15) is 14.9 Å². The minimum Gasteiger partial charge on any atom is -0.459 e. The third kappa shape index (κ3) is 3.42. The van der Waals surface area contributed by atoms with Gasteiger partial charge in [-0.15, -0.1) is 0 Å². The average molecular weight is 379 g/mol. The summed E-state index contributed by atoms with van der Waals surface area (Å²) in [7, 11) is 0. The normalized spacial score (nSPS) is 16.0. The summed E-state index contributed by atoms with van der Waals surface area (Å²) in [4.78, 5) is 28.2. The van der Waals surface area contributed by atoms with E-state index < -0.39 is 0 Å². The van der Waals surface area contributed by atoms with Gasteiger partial charge in [0.25, 0.3) is 11.8 Å². The number of amides is 2. The molecule has 3 heterocycles. The molecule has 1 saturated heterocycles. The average Bonchev–Trinajstić information content (AvgIpc) is 3.42. The van der Waals surface area contributed by atoms with Crippen LogP contribution in [-0.4, -0.2) is 54.6 Å². The molecule has 1 aromatic carbocycles. The van der Waals surface area contributed by atoms with Crippen LogP contribution in [0.5, 0.6) is 11.5 Å². The molecular weight excluding hydrogens is 362 g/mol. The van der Waals surface area contributed by atoms with Crippen molar-refractivity contribution in [2.45, 2.75) is 0 Å². The van der Waals surface area contributed by atoms with Gasteiger partial charge in [0.1, 0.15) is 11.6 Å². The van der Waals surface area contributed by atoms with Gasteiger partial charge in [0, 0.05) is 26.2 Å². The van der Waals surface area contributed by atoms with Crippen LogP contribution < -0.4 is 9.47 Å². The fourth-order valence-electron chi connectivity index (χ4n) is 3.15. The first-order chi connectivity index (χ1) is 13.7. The predicted molar refractivity (Wildman–Crippen MR) is 97.3 cm³/mol.